The fourth-order valence-electron chi connectivity index (χ4n) is 2.09. The molecule has 3 nitrogen and oxygen atoms in total. The van der Waals surface area contributed by atoms with Crippen molar-refractivity contribution in [2.75, 3.05) is 33.3 Å². The number of methoxy groups -OCH3 is 1. The van der Waals surface area contributed by atoms with Gasteiger partial charge in [0, 0.05) is 38.3 Å². The van der Waals surface area contributed by atoms with Gasteiger partial charge in [-0.2, -0.15) is 0 Å². The summed E-state index contributed by atoms with van der Waals surface area (Å²) in [4.78, 5) is 2.46. The molecule has 1 saturated heterocycles. The van der Waals surface area contributed by atoms with Crippen molar-refractivity contribution in [3.05, 3.63) is 29.3 Å². The van der Waals surface area contributed by atoms with Crippen molar-refractivity contribution in [3.63, 3.8) is 0 Å². The summed E-state index contributed by atoms with van der Waals surface area (Å²) in [5.41, 5.74) is 2.54. The highest BCUT2D eigenvalue weighted by Crippen LogP contribution is 2.21. The second-order valence-corrected chi connectivity index (χ2v) is 4.34. The van der Waals surface area contributed by atoms with Crippen molar-refractivity contribution >= 4 is 0 Å². The van der Waals surface area contributed by atoms with E-state index in [0.717, 1.165) is 38.5 Å². The number of hydrogen-bond donors (Lipinski definition) is 1. The molecular weight excluding hydrogens is 200 g/mol. The standard InChI is InChI=1S/C13H20N2O/c1-11-3-4-12(13(9-11)16-2)10-15-7-5-14-6-8-15/h3-4,9,14H,5-8,10H2,1-2H3. The fraction of sp³-hybridized carbons (Fsp3) is 0.538. The summed E-state index contributed by atoms with van der Waals surface area (Å²) < 4.78 is 5.43. The van der Waals surface area contributed by atoms with Gasteiger partial charge < -0.3 is 10.1 Å². The van der Waals surface area contributed by atoms with E-state index in [1.165, 1.54) is 11.1 Å². The van der Waals surface area contributed by atoms with Gasteiger partial charge in [-0.15, -0.1) is 0 Å². The lowest BCUT2D eigenvalue weighted by Gasteiger charge is -2.27. The monoisotopic (exact) mass is 220 g/mol. The predicted octanol–water partition coefficient (Wildman–Crippen LogP) is 1.41. The van der Waals surface area contributed by atoms with E-state index in [0.29, 0.717) is 0 Å². The lowest BCUT2D eigenvalue weighted by atomic mass is 10.1. The molecule has 1 aliphatic rings. The highest BCUT2D eigenvalue weighted by atomic mass is 16.5. The van der Waals surface area contributed by atoms with Crippen LogP contribution in [0.15, 0.2) is 18.2 Å². The van der Waals surface area contributed by atoms with Crippen LogP contribution in [0.1, 0.15) is 11.1 Å². The third-order valence-electron chi connectivity index (χ3n) is 3.05. The Bertz CT molecular complexity index is 346. The van der Waals surface area contributed by atoms with Gasteiger partial charge in [0.2, 0.25) is 0 Å². The van der Waals surface area contributed by atoms with Crippen molar-refractivity contribution in [1.82, 2.24) is 10.2 Å². The molecule has 0 unspecified atom stereocenters. The van der Waals surface area contributed by atoms with Crippen LogP contribution in [0.4, 0.5) is 0 Å². The van der Waals surface area contributed by atoms with Crippen LogP contribution in [-0.2, 0) is 6.54 Å². The number of rotatable bonds is 3. The lowest BCUT2D eigenvalue weighted by molar-refractivity contribution is 0.230. The highest BCUT2D eigenvalue weighted by molar-refractivity contribution is 5.37. The quantitative estimate of drug-likeness (QED) is 0.833. The Kier molecular flexibility index (Phi) is 3.80. The van der Waals surface area contributed by atoms with E-state index in [2.05, 4.69) is 35.3 Å². The molecule has 0 spiro atoms. The van der Waals surface area contributed by atoms with E-state index in [4.69, 9.17) is 4.74 Å². The minimum atomic E-state index is 0.991. The molecule has 0 atom stereocenters. The Morgan fingerprint density at radius 1 is 1.31 bits per heavy atom. The Hall–Kier alpha value is -1.06. The molecule has 1 fully saturated rings. The summed E-state index contributed by atoms with van der Waals surface area (Å²) in [6.45, 7) is 7.51. The Morgan fingerprint density at radius 3 is 2.75 bits per heavy atom. The lowest BCUT2D eigenvalue weighted by Crippen LogP contribution is -2.42. The van der Waals surface area contributed by atoms with Crippen LogP contribution in [0.2, 0.25) is 0 Å². The molecule has 0 saturated carbocycles. The highest BCUT2D eigenvalue weighted by Gasteiger charge is 2.12. The summed E-state index contributed by atoms with van der Waals surface area (Å²) in [7, 11) is 1.75. The first-order valence-corrected chi connectivity index (χ1v) is 5.86. The van der Waals surface area contributed by atoms with Crippen molar-refractivity contribution < 1.29 is 4.74 Å². The summed E-state index contributed by atoms with van der Waals surface area (Å²) in [6, 6.07) is 6.44. The first kappa shape index (κ1) is 11.4. The maximum absolute atomic E-state index is 5.43. The smallest absolute Gasteiger partial charge is 0.123 e. The minimum Gasteiger partial charge on any atom is -0.496 e. The van der Waals surface area contributed by atoms with Gasteiger partial charge in [-0.25, -0.2) is 0 Å². The largest absolute Gasteiger partial charge is 0.496 e. The van der Waals surface area contributed by atoms with Crippen LogP contribution >= 0.6 is 0 Å². The summed E-state index contributed by atoms with van der Waals surface area (Å²) in [5.74, 6) is 1.01. The van der Waals surface area contributed by atoms with Gasteiger partial charge in [0.25, 0.3) is 0 Å². The van der Waals surface area contributed by atoms with Crippen LogP contribution in [0, 0.1) is 6.92 Å². The molecule has 1 aromatic carbocycles. The molecule has 0 radical (unpaired) electrons. The van der Waals surface area contributed by atoms with Gasteiger partial charge in [0.15, 0.2) is 0 Å². The van der Waals surface area contributed by atoms with Crippen molar-refractivity contribution in [1.29, 1.82) is 0 Å². The number of nitrogens with zero attached hydrogens (tertiary/aromatic N) is 1. The van der Waals surface area contributed by atoms with Crippen LogP contribution < -0.4 is 10.1 Å². The van der Waals surface area contributed by atoms with Crippen LogP contribution in [0.5, 0.6) is 5.75 Å². The van der Waals surface area contributed by atoms with E-state index in [9.17, 15) is 0 Å². The van der Waals surface area contributed by atoms with Crippen molar-refractivity contribution in [2.45, 2.75) is 13.5 Å². The molecule has 1 aliphatic heterocycles. The third kappa shape index (κ3) is 2.74. The molecule has 0 aliphatic carbocycles. The first-order valence-electron chi connectivity index (χ1n) is 5.86. The minimum absolute atomic E-state index is 0.991. The zero-order valence-electron chi connectivity index (χ0n) is 10.1. The van der Waals surface area contributed by atoms with E-state index < -0.39 is 0 Å². The topological polar surface area (TPSA) is 24.5 Å². The number of piperazine rings is 1. The summed E-state index contributed by atoms with van der Waals surface area (Å²) in [6.07, 6.45) is 0. The van der Waals surface area contributed by atoms with Crippen LogP contribution in [-0.4, -0.2) is 38.2 Å². The van der Waals surface area contributed by atoms with Crippen LogP contribution in [0.25, 0.3) is 0 Å². The average molecular weight is 220 g/mol. The average Bonchev–Trinajstić information content (AvgIpc) is 2.33. The molecule has 1 heterocycles. The third-order valence-corrected chi connectivity index (χ3v) is 3.05. The number of benzene rings is 1. The maximum atomic E-state index is 5.43. The van der Waals surface area contributed by atoms with Gasteiger partial charge in [-0.05, 0) is 18.6 Å². The summed E-state index contributed by atoms with van der Waals surface area (Å²) in [5, 5.41) is 3.37. The van der Waals surface area contributed by atoms with Gasteiger partial charge in [0.1, 0.15) is 5.75 Å². The molecule has 2 rings (SSSR count). The number of hydrogen-bond acceptors (Lipinski definition) is 3. The molecule has 1 N–H and O–H groups in total. The molecule has 88 valence electrons. The number of nitrogens with one attached hydrogen (secondary N) is 1. The SMILES string of the molecule is COc1cc(C)ccc1CN1CCNCC1. The van der Waals surface area contributed by atoms with Gasteiger partial charge in [-0.1, -0.05) is 12.1 Å². The predicted molar refractivity (Wildman–Crippen MR) is 65.9 cm³/mol. The van der Waals surface area contributed by atoms with E-state index in [1.54, 1.807) is 7.11 Å². The number of ether oxygens (including phenoxy) is 1. The fourth-order valence-corrected chi connectivity index (χ4v) is 2.09. The Labute approximate surface area is 97.4 Å². The molecular formula is C13H20N2O. The van der Waals surface area contributed by atoms with E-state index in [1.807, 2.05) is 0 Å². The first-order chi connectivity index (χ1) is 7.79. The maximum Gasteiger partial charge on any atom is 0.123 e. The normalized spacial score (nSPS) is 17.4. The van der Waals surface area contributed by atoms with Gasteiger partial charge in [-0.3, -0.25) is 4.90 Å². The second kappa shape index (κ2) is 5.32. The Balaban J connectivity index is 2.07. The van der Waals surface area contributed by atoms with E-state index >= 15 is 0 Å². The zero-order valence-corrected chi connectivity index (χ0v) is 10.1. The molecule has 1 aromatic rings. The molecule has 0 amide bonds. The molecule has 3 heteroatoms. The van der Waals surface area contributed by atoms with Gasteiger partial charge in [0.05, 0.1) is 7.11 Å². The Morgan fingerprint density at radius 2 is 2.06 bits per heavy atom. The molecule has 0 aromatic heterocycles. The molecule has 0 bridgehead atoms. The van der Waals surface area contributed by atoms with Crippen LogP contribution in [0.3, 0.4) is 0 Å². The summed E-state index contributed by atoms with van der Waals surface area (Å²) >= 11 is 0. The van der Waals surface area contributed by atoms with Gasteiger partial charge >= 0.3 is 0 Å². The van der Waals surface area contributed by atoms with Crippen molar-refractivity contribution in [2.24, 2.45) is 0 Å². The zero-order chi connectivity index (χ0) is 11.4. The molecule has 16 heavy (non-hydrogen) atoms. The second-order valence-electron chi connectivity index (χ2n) is 4.34. The van der Waals surface area contributed by atoms with E-state index in [-0.39, 0.29) is 0 Å². The number of aryl methyl sites for hydroxylation is 1. The van der Waals surface area contributed by atoms with Crippen molar-refractivity contribution in [3.8, 4) is 5.75 Å².